The van der Waals surface area contributed by atoms with Crippen LogP contribution in [0.2, 0.25) is 10.0 Å². The lowest BCUT2D eigenvalue weighted by molar-refractivity contribution is -0.144. The average molecular weight is 482 g/mol. The molecule has 0 spiro atoms. The Balaban J connectivity index is 1.67. The molecule has 0 radical (unpaired) electrons. The number of aromatic amines is 1. The fraction of sp³-hybridized carbons (Fsp3) is 0.154. The monoisotopic (exact) mass is 481 g/mol. The molecule has 1 N–H and O–H groups in total. The molecule has 0 saturated heterocycles. The summed E-state index contributed by atoms with van der Waals surface area (Å²) in [5.41, 5.74) is 3.80. The highest BCUT2D eigenvalue weighted by atomic mass is 35.5. The van der Waals surface area contributed by atoms with Gasteiger partial charge in [-0.3, -0.25) is 9.59 Å². The number of carbonyl (C=O) groups excluding carboxylic acids is 2. The summed E-state index contributed by atoms with van der Waals surface area (Å²) in [5.74, 6) is -0.371. The van der Waals surface area contributed by atoms with Gasteiger partial charge in [0, 0.05) is 27.2 Å². The highest BCUT2D eigenvalue weighted by Crippen LogP contribution is 2.40. The number of H-pyrrole nitrogens is 1. The van der Waals surface area contributed by atoms with Crippen molar-refractivity contribution in [1.82, 2.24) is 4.98 Å². The zero-order valence-electron chi connectivity index (χ0n) is 18.1. The molecule has 0 aliphatic rings. The van der Waals surface area contributed by atoms with Gasteiger partial charge >= 0.3 is 5.97 Å². The number of fused-ring (bicyclic) bond motifs is 1. The number of halogens is 2. The molecular formula is C26H21Cl2NO4. The lowest BCUT2D eigenvalue weighted by Gasteiger charge is -2.12. The van der Waals surface area contributed by atoms with Gasteiger partial charge in [0.25, 0.3) is 0 Å². The van der Waals surface area contributed by atoms with Crippen molar-refractivity contribution in [2.75, 3.05) is 7.11 Å². The third kappa shape index (κ3) is 4.75. The Morgan fingerprint density at radius 2 is 1.70 bits per heavy atom. The maximum Gasteiger partial charge on any atom is 0.310 e. The van der Waals surface area contributed by atoms with Crippen LogP contribution in [0.1, 0.15) is 32.7 Å². The second kappa shape index (κ2) is 9.69. The van der Waals surface area contributed by atoms with E-state index in [0.717, 1.165) is 11.3 Å². The van der Waals surface area contributed by atoms with Crippen molar-refractivity contribution in [2.45, 2.75) is 20.0 Å². The highest BCUT2D eigenvalue weighted by Gasteiger charge is 2.24. The number of aryl methyl sites for hydroxylation is 1. The van der Waals surface area contributed by atoms with Crippen molar-refractivity contribution in [3.8, 4) is 5.75 Å². The van der Waals surface area contributed by atoms with Gasteiger partial charge in [0.2, 0.25) is 0 Å². The Labute approximate surface area is 201 Å². The van der Waals surface area contributed by atoms with E-state index >= 15 is 0 Å². The summed E-state index contributed by atoms with van der Waals surface area (Å²) >= 11 is 12.7. The highest BCUT2D eigenvalue weighted by molar-refractivity contribution is 6.38. The summed E-state index contributed by atoms with van der Waals surface area (Å²) in [7, 11) is 1.46. The lowest BCUT2D eigenvalue weighted by Crippen LogP contribution is -2.09. The van der Waals surface area contributed by atoms with Crippen LogP contribution in [0.3, 0.4) is 0 Å². The van der Waals surface area contributed by atoms with Crippen LogP contribution in [0.15, 0.2) is 60.7 Å². The summed E-state index contributed by atoms with van der Waals surface area (Å²) in [5, 5.41) is 1.44. The molecule has 1 aromatic heterocycles. The van der Waals surface area contributed by atoms with Crippen LogP contribution in [-0.4, -0.2) is 23.8 Å². The van der Waals surface area contributed by atoms with Crippen LogP contribution in [0.5, 0.6) is 5.75 Å². The number of ketones is 1. The normalized spacial score (nSPS) is 10.9. The molecule has 168 valence electrons. The molecule has 0 aliphatic heterocycles. The van der Waals surface area contributed by atoms with E-state index in [1.54, 1.807) is 30.3 Å². The van der Waals surface area contributed by atoms with Crippen LogP contribution in [0.25, 0.3) is 10.9 Å². The minimum Gasteiger partial charge on any atom is -0.494 e. The number of hydrogen-bond acceptors (Lipinski definition) is 4. The summed E-state index contributed by atoms with van der Waals surface area (Å²) in [6.45, 7) is 2.04. The van der Waals surface area contributed by atoms with E-state index < -0.39 is 0 Å². The topological polar surface area (TPSA) is 68.4 Å². The molecule has 0 amide bonds. The van der Waals surface area contributed by atoms with Gasteiger partial charge < -0.3 is 14.5 Å². The molecular weight excluding hydrogens is 461 g/mol. The number of aromatic nitrogens is 1. The molecule has 0 unspecified atom stereocenters. The Bertz CT molecular complexity index is 1330. The summed E-state index contributed by atoms with van der Waals surface area (Å²) in [6.07, 6.45) is 0.0337. The van der Waals surface area contributed by atoms with Crippen LogP contribution < -0.4 is 4.74 Å². The molecule has 33 heavy (non-hydrogen) atoms. The minimum absolute atomic E-state index is 0.0337. The maximum atomic E-state index is 13.2. The van der Waals surface area contributed by atoms with E-state index in [-0.39, 0.29) is 35.6 Å². The van der Waals surface area contributed by atoms with Crippen molar-refractivity contribution in [3.05, 3.63) is 98.7 Å². The van der Waals surface area contributed by atoms with Crippen LogP contribution in [0, 0.1) is 6.92 Å². The van der Waals surface area contributed by atoms with Crippen molar-refractivity contribution >= 4 is 45.9 Å². The number of ether oxygens (including phenoxy) is 2. The fourth-order valence-corrected chi connectivity index (χ4v) is 4.29. The zero-order valence-corrected chi connectivity index (χ0v) is 19.6. The van der Waals surface area contributed by atoms with E-state index in [9.17, 15) is 9.59 Å². The quantitative estimate of drug-likeness (QED) is 0.248. The summed E-state index contributed by atoms with van der Waals surface area (Å²) in [4.78, 5) is 28.9. The first-order valence-corrected chi connectivity index (χ1v) is 11.0. The third-order valence-corrected chi connectivity index (χ3v) is 6.03. The first-order valence-electron chi connectivity index (χ1n) is 10.3. The van der Waals surface area contributed by atoms with Gasteiger partial charge in [0.15, 0.2) is 5.78 Å². The van der Waals surface area contributed by atoms with Gasteiger partial charge in [0.1, 0.15) is 12.4 Å². The first kappa shape index (κ1) is 22.9. The number of methoxy groups -OCH3 is 1. The van der Waals surface area contributed by atoms with Gasteiger partial charge in [-0.1, -0.05) is 53.5 Å². The number of hydrogen-bond donors (Lipinski definition) is 1. The molecule has 1 heterocycles. The van der Waals surface area contributed by atoms with Gasteiger partial charge in [-0.05, 0) is 48.4 Å². The van der Waals surface area contributed by atoms with Gasteiger partial charge in [-0.2, -0.15) is 0 Å². The Kier molecular flexibility index (Phi) is 6.72. The third-order valence-electron chi connectivity index (χ3n) is 5.42. The Hall–Kier alpha value is -3.28. The fourth-order valence-electron chi connectivity index (χ4n) is 3.77. The maximum absolute atomic E-state index is 13.2. The first-order chi connectivity index (χ1) is 15.9. The number of carbonyl (C=O) groups is 2. The van der Waals surface area contributed by atoms with E-state index in [1.807, 2.05) is 37.3 Å². The Morgan fingerprint density at radius 3 is 2.36 bits per heavy atom. The minimum atomic E-state index is -0.376. The molecule has 5 nitrogen and oxygen atoms in total. The lowest BCUT2D eigenvalue weighted by atomic mass is 9.99. The van der Waals surface area contributed by atoms with Crippen molar-refractivity contribution in [2.24, 2.45) is 0 Å². The van der Waals surface area contributed by atoms with E-state index in [2.05, 4.69) is 4.98 Å². The van der Waals surface area contributed by atoms with Gasteiger partial charge in [0.05, 0.1) is 24.1 Å². The van der Waals surface area contributed by atoms with Crippen molar-refractivity contribution in [3.63, 3.8) is 0 Å². The molecule has 3 aromatic carbocycles. The van der Waals surface area contributed by atoms with Crippen LogP contribution >= 0.6 is 23.2 Å². The summed E-state index contributed by atoms with van der Waals surface area (Å²) in [6, 6.07) is 17.8. The molecule has 0 atom stereocenters. The predicted molar refractivity (Wildman–Crippen MR) is 129 cm³/mol. The molecule has 4 aromatic rings. The molecule has 4 rings (SSSR count). The standard InChI is InChI=1S/C26H21Cl2NO4/c1-15-19(13-22(30)33-14-16-6-4-3-5-7-16)23-21(29-15)12-20(26(32-2)24(23)28)25(31)17-8-10-18(27)11-9-17/h3-12,29H,13-14H2,1-2H3. The largest absolute Gasteiger partial charge is 0.494 e. The van der Waals surface area contributed by atoms with Crippen molar-refractivity contribution in [1.29, 1.82) is 0 Å². The number of nitrogens with one attached hydrogen (secondary N) is 1. The SMILES string of the molecule is COc1c(C(=O)c2ccc(Cl)cc2)cc2[nH]c(C)c(CC(=O)OCc3ccccc3)c2c1Cl. The van der Waals surface area contributed by atoms with E-state index in [1.165, 1.54) is 7.11 Å². The second-order valence-electron chi connectivity index (χ2n) is 7.58. The smallest absolute Gasteiger partial charge is 0.310 e. The second-order valence-corrected chi connectivity index (χ2v) is 8.40. The molecule has 0 fully saturated rings. The van der Waals surface area contributed by atoms with Crippen LogP contribution in [0.4, 0.5) is 0 Å². The zero-order chi connectivity index (χ0) is 23.5. The van der Waals surface area contributed by atoms with Gasteiger partial charge in [-0.15, -0.1) is 0 Å². The molecule has 7 heteroatoms. The number of benzene rings is 3. The van der Waals surface area contributed by atoms with Gasteiger partial charge in [-0.25, -0.2) is 0 Å². The number of esters is 1. The Morgan fingerprint density at radius 1 is 1.00 bits per heavy atom. The van der Waals surface area contributed by atoms with E-state index in [0.29, 0.717) is 32.6 Å². The number of rotatable bonds is 7. The predicted octanol–water partition coefficient (Wildman–Crippen LogP) is 6.31. The average Bonchev–Trinajstić information content (AvgIpc) is 3.13. The molecule has 0 saturated carbocycles. The van der Waals surface area contributed by atoms with E-state index in [4.69, 9.17) is 32.7 Å². The molecule has 0 aliphatic carbocycles. The van der Waals surface area contributed by atoms with Crippen LogP contribution in [-0.2, 0) is 22.6 Å². The summed E-state index contributed by atoms with van der Waals surface area (Å²) < 4.78 is 11.0. The van der Waals surface area contributed by atoms with Crippen molar-refractivity contribution < 1.29 is 19.1 Å². The molecule has 0 bridgehead atoms.